The maximum absolute atomic E-state index is 13.8. The van der Waals surface area contributed by atoms with Gasteiger partial charge in [0.15, 0.2) is 0 Å². The molecule has 0 unspecified atom stereocenters. The Bertz CT molecular complexity index is 1990. The molecule has 3 heterocycles. The lowest BCUT2D eigenvalue weighted by molar-refractivity contribution is 0.530. The average Bonchev–Trinajstić information content (AvgIpc) is 3.49. The summed E-state index contributed by atoms with van der Waals surface area (Å²) >= 11 is 0. The van der Waals surface area contributed by atoms with Crippen LogP contribution < -0.4 is 17.1 Å². The molecular formula is C31H30N6O3. The first-order chi connectivity index (χ1) is 19.3. The van der Waals surface area contributed by atoms with Gasteiger partial charge in [-0.05, 0) is 50.2 Å². The average molecular weight is 535 g/mol. The quantitative estimate of drug-likeness (QED) is 0.290. The fraction of sp³-hybridized carbons (Fsp3) is 0.194. The van der Waals surface area contributed by atoms with Gasteiger partial charge in [0, 0.05) is 37.6 Å². The highest BCUT2D eigenvalue weighted by Crippen LogP contribution is 2.19. The second-order valence-corrected chi connectivity index (χ2v) is 10.1. The van der Waals surface area contributed by atoms with Gasteiger partial charge in [-0.1, -0.05) is 49.6 Å². The predicted molar refractivity (Wildman–Crippen MR) is 161 cm³/mol. The van der Waals surface area contributed by atoms with Gasteiger partial charge >= 0.3 is 17.1 Å². The van der Waals surface area contributed by atoms with Gasteiger partial charge in [0.1, 0.15) is 0 Å². The van der Waals surface area contributed by atoms with E-state index in [1.165, 1.54) is 0 Å². The number of hydrogen-bond donors (Lipinski definition) is 0. The molecule has 40 heavy (non-hydrogen) atoms. The van der Waals surface area contributed by atoms with E-state index < -0.39 is 0 Å². The van der Waals surface area contributed by atoms with Crippen molar-refractivity contribution in [2.45, 2.75) is 40.0 Å². The van der Waals surface area contributed by atoms with Crippen LogP contribution in [0.4, 0.5) is 0 Å². The van der Waals surface area contributed by atoms with Crippen LogP contribution in [-0.2, 0) is 26.2 Å². The van der Waals surface area contributed by atoms with Crippen molar-refractivity contribution in [3.05, 3.63) is 117 Å². The molecule has 0 aliphatic heterocycles. The summed E-state index contributed by atoms with van der Waals surface area (Å²) in [6.45, 7) is 12.8. The van der Waals surface area contributed by atoms with Gasteiger partial charge in [0.2, 0.25) is 0 Å². The lowest BCUT2D eigenvalue weighted by atomic mass is 10.3. The largest absolute Gasteiger partial charge is 0.333 e. The standard InChI is InChI=1S/C31H30N6O3/c1-21(2)36-27-15-9-7-13-25(27)34(30(36)39)19-17-32-23-11-5-6-12-24(23)33(29(32)38)18-20-35-26-14-8-10-16-28(26)37(22(3)4)31(35)40/h5-16H,1,3,17-20H2,2,4H3. The smallest absolute Gasteiger partial charge is 0.290 e. The minimum Gasteiger partial charge on any atom is -0.290 e. The van der Waals surface area contributed by atoms with Crippen LogP contribution in [0.3, 0.4) is 0 Å². The molecule has 6 aromatic rings. The number of benzene rings is 3. The minimum absolute atomic E-state index is 0.182. The van der Waals surface area contributed by atoms with Crippen molar-refractivity contribution in [2.75, 3.05) is 0 Å². The van der Waals surface area contributed by atoms with Gasteiger partial charge in [-0.25, -0.2) is 14.4 Å². The third-order valence-electron chi connectivity index (χ3n) is 7.45. The molecule has 6 rings (SSSR count). The Hall–Kier alpha value is -5.05. The first-order valence-corrected chi connectivity index (χ1v) is 13.2. The van der Waals surface area contributed by atoms with Gasteiger partial charge in [-0.3, -0.25) is 27.4 Å². The molecule has 0 aliphatic rings. The first kappa shape index (κ1) is 25.2. The van der Waals surface area contributed by atoms with E-state index in [-0.39, 0.29) is 17.1 Å². The van der Waals surface area contributed by atoms with Gasteiger partial charge in [-0.15, -0.1) is 0 Å². The number of nitrogens with zero attached hydrogens (tertiary/aromatic N) is 6. The molecule has 3 aromatic heterocycles. The molecule has 3 aromatic carbocycles. The zero-order chi connectivity index (χ0) is 28.1. The summed E-state index contributed by atoms with van der Waals surface area (Å²) in [6, 6.07) is 22.8. The van der Waals surface area contributed by atoms with Gasteiger partial charge in [-0.2, -0.15) is 0 Å². The van der Waals surface area contributed by atoms with Crippen molar-refractivity contribution in [2.24, 2.45) is 0 Å². The summed E-state index contributed by atoms with van der Waals surface area (Å²) in [6.07, 6.45) is 0. The monoisotopic (exact) mass is 534 g/mol. The number of para-hydroxylation sites is 6. The molecule has 9 nitrogen and oxygen atoms in total. The first-order valence-electron chi connectivity index (χ1n) is 13.2. The molecule has 202 valence electrons. The number of hydrogen-bond acceptors (Lipinski definition) is 3. The summed E-state index contributed by atoms with van der Waals surface area (Å²) in [5.41, 5.74) is 5.44. The molecule has 0 amide bonds. The van der Waals surface area contributed by atoms with Gasteiger partial charge < -0.3 is 0 Å². The Morgan fingerprint density at radius 1 is 0.475 bits per heavy atom. The number of aryl methyl sites for hydroxylation is 4. The van der Waals surface area contributed by atoms with Crippen LogP contribution in [-0.4, -0.2) is 27.4 Å². The highest BCUT2D eigenvalue weighted by molar-refractivity contribution is 5.80. The minimum atomic E-state index is -0.186. The second kappa shape index (κ2) is 9.60. The topological polar surface area (TPSA) is 80.8 Å². The lowest BCUT2D eigenvalue weighted by Crippen LogP contribution is -2.31. The van der Waals surface area contributed by atoms with Crippen LogP contribution in [0.2, 0.25) is 0 Å². The number of allylic oxidation sites excluding steroid dienone is 2. The molecular weight excluding hydrogens is 504 g/mol. The van der Waals surface area contributed by atoms with E-state index in [1.54, 1.807) is 41.3 Å². The Balaban J connectivity index is 1.38. The van der Waals surface area contributed by atoms with Crippen LogP contribution in [0.25, 0.3) is 44.5 Å². The van der Waals surface area contributed by atoms with Crippen molar-refractivity contribution in [1.29, 1.82) is 0 Å². The van der Waals surface area contributed by atoms with Crippen molar-refractivity contribution < 1.29 is 0 Å². The molecule has 0 saturated carbocycles. The van der Waals surface area contributed by atoms with Gasteiger partial charge in [0.05, 0.1) is 33.1 Å². The maximum Gasteiger partial charge on any atom is 0.333 e. The molecule has 0 fully saturated rings. The Labute approximate surface area is 229 Å². The molecule has 0 spiro atoms. The highest BCUT2D eigenvalue weighted by Gasteiger charge is 2.18. The van der Waals surface area contributed by atoms with Crippen LogP contribution >= 0.6 is 0 Å². The summed E-state index contributed by atoms with van der Waals surface area (Å²) in [5.74, 6) is 0. The van der Waals surface area contributed by atoms with Crippen molar-refractivity contribution >= 4 is 44.5 Å². The molecule has 0 saturated heterocycles. The second-order valence-electron chi connectivity index (χ2n) is 10.1. The number of imidazole rings is 3. The van der Waals surface area contributed by atoms with E-state index >= 15 is 0 Å². The third-order valence-corrected chi connectivity index (χ3v) is 7.45. The van der Waals surface area contributed by atoms with Crippen LogP contribution in [0.1, 0.15) is 13.8 Å². The van der Waals surface area contributed by atoms with E-state index in [9.17, 15) is 14.4 Å². The number of fused-ring (bicyclic) bond motifs is 3. The van der Waals surface area contributed by atoms with Gasteiger partial charge in [0.25, 0.3) is 0 Å². The van der Waals surface area contributed by atoms with E-state index in [2.05, 4.69) is 13.2 Å². The van der Waals surface area contributed by atoms with Crippen molar-refractivity contribution in [1.82, 2.24) is 27.4 Å². The molecule has 0 aliphatic carbocycles. The molecule has 9 heteroatoms. The van der Waals surface area contributed by atoms with Crippen LogP contribution in [0, 0.1) is 0 Å². The molecule has 0 bridgehead atoms. The predicted octanol–water partition coefficient (Wildman–Crippen LogP) is 4.42. The van der Waals surface area contributed by atoms with E-state index in [0.29, 0.717) is 37.6 Å². The van der Waals surface area contributed by atoms with Crippen molar-refractivity contribution in [3.63, 3.8) is 0 Å². The summed E-state index contributed by atoms with van der Waals surface area (Å²) < 4.78 is 9.98. The third kappa shape index (κ3) is 3.81. The van der Waals surface area contributed by atoms with Crippen LogP contribution in [0.15, 0.2) is 100 Å². The number of aromatic nitrogens is 6. The fourth-order valence-corrected chi connectivity index (χ4v) is 5.69. The lowest BCUT2D eigenvalue weighted by Gasteiger charge is -2.06. The molecule has 0 radical (unpaired) electrons. The fourth-order valence-electron chi connectivity index (χ4n) is 5.69. The van der Waals surface area contributed by atoms with Crippen LogP contribution in [0.5, 0.6) is 0 Å². The Morgan fingerprint density at radius 3 is 1.02 bits per heavy atom. The summed E-state index contributed by atoms with van der Waals surface area (Å²) in [4.78, 5) is 40.3. The summed E-state index contributed by atoms with van der Waals surface area (Å²) in [7, 11) is 0. The zero-order valence-corrected chi connectivity index (χ0v) is 22.6. The van der Waals surface area contributed by atoms with E-state index in [1.807, 2.05) is 72.8 Å². The van der Waals surface area contributed by atoms with E-state index in [4.69, 9.17) is 0 Å². The van der Waals surface area contributed by atoms with Crippen molar-refractivity contribution in [3.8, 4) is 0 Å². The number of rotatable bonds is 8. The molecule has 0 atom stereocenters. The SMILES string of the molecule is C=C(C)n1c(=O)n(CCn2c(=O)n(CCn3c(=O)n(C(=C)C)c4ccccc43)c3ccccc32)c2ccccc21. The van der Waals surface area contributed by atoms with E-state index in [0.717, 1.165) is 33.1 Å². The normalized spacial score (nSPS) is 11.7. The summed E-state index contributed by atoms with van der Waals surface area (Å²) in [5, 5.41) is 0. The maximum atomic E-state index is 13.8. The zero-order valence-electron chi connectivity index (χ0n) is 22.6. The Morgan fingerprint density at radius 2 is 0.725 bits per heavy atom. The Kier molecular flexibility index (Phi) is 6.06. The highest BCUT2D eigenvalue weighted by atomic mass is 16.2. The molecule has 0 N–H and O–H groups in total.